The molecule has 9 heavy (non-hydrogen) atoms. The zero-order chi connectivity index (χ0) is 5.86. The van der Waals surface area contributed by atoms with Gasteiger partial charge in [-0.1, -0.05) is 0 Å². The summed E-state index contributed by atoms with van der Waals surface area (Å²) in [6.45, 7) is 0. The first-order valence-electron chi connectivity index (χ1n) is 1.89. The van der Waals surface area contributed by atoms with Gasteiger partial charge in [-0.2, -0.15) is 0 Å². The Labute approximate surface area is 101 Å². The van der Waals surface area contributed by atoms with Gasteiger partial charge in [0.2, 0.25) is 0 Å². The van der Waals surface area contributed by atoms with Gasteiger partial charge in [0.1, 0.15) is 0 Å². The first-order chi connectivity index (χ1) is 3.13. The van der Waals surface area contributed by atoms with Crippen LogP contribution in [-0.2, 0) is 0 Å². The van der Waals surface area contributed by atoms with Crippen molar-refractivity contribution in [2.45, 2.75) is 0 Å². The molecule has 6 heteroatoms. The van der Waals surface area contributed by atoms with Gasteiger partial charge in [0, 0.05) is 0 Å². The van der Waals surface area contributed by atoms with Crippen LogP contribution < -0.4 is 68.9 Å². The van der Waals surface area contributed by atoms with Crippen LogP contribution in [0.4, 0.5) is 0 Å². The van der Waals surface area contributed by atoms with E-state index < -0.39 is 8.38 Å². The van der Waals surface area contributed by atoms with Crippen LogP contribution in [0.5, 0.6) is 0 Å². The molecule has 0 rings (SSSR count). The summed E-state index contributed by atoms with van der Waals surface area (Å²) in [5, 5.41) is 0. The van der Waals surface area contributed by atoms with E-state index in [4.69, 9.17) is 0 Å². The van der Waals surface area contributed by atoms with Crippen molar-refractivity contribution in [3.63, 3.8) is 0 Å². The van der Waals surface area contributed by atoms with Gasteiger partial charge in [0.15, 0.2) is 0 Å². The smallest absolute Gasteiger partial charge is 0.841 e. The van der Waals surface area contributed by atoms with Gasteiger partial charge in [-0.3, -0.25) is 8.38 Å². The molecule has 44 valence electrons. The molecule has 0 aliphatic carbocycles. The van der Waals surface area contributed by atoms with E-state index in [1.807, 2.05) is 0 Å². The molecule has 0 atom stereocenters. The van der Waals surface area contributed by atoms with Gasteiger partial charge in [-0.25, -0.2) is 0 Å². The molecule has 0 saturated carbocycles. The molecule has 3 nitrogen and oxygen atoms in total. The Morgan fingerprint density at radius 1 is 1.22 bits per heavy atom. The summed E-state index contributed by atoms with van der Waals surface area (Å²) in [6.07, 6.45) is 0.148. The monoisotopic (exact) mass is 167 g/mol. The first-order valence-corrected chi connectivity index (χ1v) is 3.25. The standard InChI is InChI=1S/C3H8NO2P.2Na/c1-4(2)3-7(5)6;;/h3H2,1-2H3;;/q-2;2*+1. The predicted molar refractivity (Wildman–Crippen MR) is 25.5 cm³/mol. The summed E-state index contributed by atoms with van der Waals surface area (Å²) in [4.78, 5) is 21.2. The van der Waals surface area contributed by atoms with Crippen LogP contribution >= 0.6 is 8.38 Å². The fourth-order valence-corrected chi connectivity index (χ4v) is 0.693. The number of rotatable bonds is 2. The molecule has 0 fully saturated rings. The van der Waals surface area contributed by atoms with E-state index >= 15 is 0 Å². The Morgan fingerprint density at radius 2 is 1.56 bits per heavy atom. The van der Waals surface area contributed by atoms with Crippen molar-refractivity contribution >= 4 is 8.38 Å². The van der Waals surface area contributed by atoms with Crippen molar-refractivity contribution < 1.29 is 68.9 Å². The maximum atomic E-state index is 9.81. The number of hydrogen-bond donors (Lipinski definition) is 0. The van der Waals surface area contributed by atoms with E-state index in [-0.39, 0.29) is 65.4 Å². The average molecular weight is 167 g/mol. The van der Waals surface area contributed by atoms with Crippen LogP contribution in [0.25, 0.3) is 0 Å². The van der Waals surface area contributed by atoms with Gasteiger partial charge >= 0.3 is 59.1 Å². The molecule has 0 aromatic carbocycles. The molecule has 0 saturated heterocycles. The maximum Gasteiger partial charge on any atom is 1.00 e. The second kappa shape index (κ2) is 10.3. The molecular formula is C3H8NNa2O2P. The number of nitrogens with zero attached hydrogens (tertiary/aromatic N) is 1. The average Bonchev–Trinajstić information content (AvgIpc) is 1.27. The van der Waals surface area contributed by atoms with E-state index in [2.05, 4.69) is 0 Å². The third-order valence-corrected chi connectivity index (χ3v) is 1.19. The van der Waals surface area contributed by atoms with E-state index in [0.29, 0.717) is 0 Å². The van der Waals surface area contributed by atoms with Crippen molar-refractivity contribution in [1.29, 1.82) is 0 Å². The Bertz CT molecular complexity index is 49.1. The van der Waals surface area contributed by atoms with Gasteiger partial charge in [0.05, 0.1) is 0 Å². The maximum absolute atomic E-state index is 9.81. The SMILES string of the molecule is CN(C)CP([O-])[O-].[Na+].[Na+]. The van der Waals surface area contributed by atoms with Crippen molar-refractivity contribution in [3.8, 4) is 0 Å². The van der Waals surface area contributed by atoms with Crippen molar-refractivity contribution in [1.82, 2.24) is 4.90 Å². The quantitative estimate of drug-likeness (QED) is 0.303. The summed E-state index contributed by atoms with van der Waals surface area (Å²) < 4.78 is 0. The molecule has 0 unspecified atom stereocenters. The zero-order valence-corrected chi connectivity index (χ0v) is 11.3. The molecule has 0 radical (unpaired) electrons. The largest absolute Gasteiger partial charge is 1.00 e. The van der Waals surface area contributed by atoms with E-state index in [1.54, 1.807) is 19.0 Å². The van der Waals surface area contributed by atoms with Crippen molar-refractivity contribution in [2.24, 2.45) is 0 Å². The van der Waals surface area contributed by atoms with Gasteiger partial charge in [-0.15, -0.1) is 0 Å². The van der Waals surface area contributed by atoms with Crippen molar-refractivity contribution in [2.75, 3.05) is 20.4 Å². The zero-order valence-electron chi connectivity index (χ0n) is 6.42. The van der Waals surface area contributed by atoms with Gasteiger partial charge in [0.25, 0.3) is 0 Å². The minimum absolute atomic E-state index is 0. The molecule has 0 aromatic heterocycles. The van der Waals surface area contributed by atoms with Crippen LogP contribution in [0, 0.1) is 0 Å². The Balaban J connectivity index is -0.000000180. The Hall–Kier alpha value is 2.31. The number of hydrogen-bond acceptors (Lipinski definition) is 3. The topological polar surface area (TPSA) is 49.4 Å². The fourth-order valence-electron chi connectivity index (χ4n) is 0.231. The molecule has 0 amide bonds. The van der Waals surface area contributed by atoms with Crippen LogP contribution in [0.2, 0.25) is 0 Å². The molecule has 0 aliphatic rings. The summed E-state index contributed by atoms with van der Waals surface area (Å²) in [5.74, 6) is 0. The van der Waals surface area contributed by atoms with Gasteiger partial charge in [-0.05, 0) is 20.4 Å². The minimum Gasteiger partial charge on any atom is -0.841 e. The molecule has 0 spiro atoms. The first kappa shape index (κ1) is 17.4. The summed E-state index contributed by atoms with van der Waals surface area (Å²) in [6, 6.07) is 0. The third-order valence-electron chi connectivity index (χ3n) is 0.398. The molecular weight excluding hydrogens is 159 g/mol. The predicted octanol–water partition coefficient (Wildman–Crippen LogP) is -7.45. The molecule has 0 heterocycles. The summed E-state index contributed by atoms with van der Waals surface area (Å²) in [7, 11) is 1.21. The minimum atomic E-state index is -2.21. The van der Waals surface area contributed by atoms with Gasteiger partial charge < -0.3 is 14.7 Å². The summed E-state index contributed by atoms with van der Waals surface area (Å²) >= 11 is 0. The molecule has 0 N–H and O–H groups in total. The van der Waals surface area contributed by atoms with Crippen LogP contribution in [-0.4, -0.2) is 25.3 Å². The van der Waals surface area contributed by atoms with E-state index in [1.165, 1.54) is 0 Å². The van der Waals surface area contributed by atoms with Crippen LogP contribution in [0.1, 0.15) is 0 Å². The van der Waals surface area contributed by atoms with Crippen molar-refractivity contribution in [3.05, 3.63) is 0 Å². The van der Waals surface area contributed by atoms with E-state index in [0.717, 1.165) is 0 Å². The Morgan fingerprint density at radius 3 is 1.56 bits per heavy atom. The second-order valence-electron chi connectivity index (χ2n) is 1.55. The third kappa shape index (κ3) is 17.9. The van der Waals surface area contributed by atoms with E-state index in [9.17, 15) is 9.79 Å². The molecule has 0 bridgehead atoms. The fraction of sp³-hybridized carbons (Fsp3) is 1.00. The normalized spacial score (nSPS) is 8.67. The molecule has 0 aliphatic heterocycles. The van der Waals surface area contributed by atoms with Crippen LogP contribution in [0.15, 0.2) is 0 Å². The van der Waals surface area contributed by atoms with Crippen LogP contribution in [0.3, 0.4) is 0 Å². The molecule has 0 aromatic rings. The summed E-state index contributed by atoms with van der Waals surface area (Å²) in [5.41, 5.74) is 0. The second-order valence-corrected chi connectivity index (χ2v) is 2.50. The Kier molecular flexibility index (Phi) is 19.9.